The maximum Gasteiger partial charge on any atom is 0.269 e. The van der Waals surface area contributed by atoms with Gasteiger partial charge in [-0.05, 0) is 20.3 Å². The van der Waals surface area contributed by atoms with Gasteiger partial charge in [0.25, 0.3) is 5.91 Å². The number of hydrogen-bond acceptors (Lipinski definition) is 5. The van der Waals surface area contributed by atoms with Crippen molar-refractivity contribution in [3.05, 3.63) is 40.8 Å². The van der Waals surface area contributed by atoms with E-state index in [9.17, 15) is 4.79 Å². The van der Waals surface area contributed by atoms with E-state index in [0.717, 1.165) is 28.9 Å². The van der Waals surface area contributed by atoms with Gasteiger partial charge in [0.15, 0.2) is 0 Å². The molecule has 2 aromatic rings. The molecule has 0 spiro atoms. The molecule has 2 rings (SSSR count). The minimum Gasteiger partial charge on any atom is -0.398 e. The number of para-hydroxylation sites is 1. The van der Waals surface area contributed by atoms with Gasteiger partial charge in [-0.1, -0.05) is 25.1 Å². The third kappa shape index (κ3) is 3.45. The number of carbonyl (C=O) groups excluding carboxylic acids is 1. The van der Waals surface area contributed by atoms with Crippen LogP contribution in [0.2, 0.25) is 0 Å². The topological polar surface area (TPSA) is 125 Å². The van der Waals surface area contributed by atoms with Crippen LogP contribution in [0.3, 0.4) is 0 Å². The SMILES string of the molecule is CCCNC(=O)/C(N)=C(\N)c1cccc(-c2c(C)nn(C)c2C)c1N. The molecule has 1 amide bonds. The number of nitrogen functional groups attached to an aromatic ring is 1. The molecule has 0 aliphatic heterocycles. The van der Waals surface area contributed by atoms with Crippen LogP contribution in [0.15, 0.2) is 23.9 Å². The summed E-state index contributed by atoms with van der Waals surface area (Å²) in [6, 6.07) is 5.52. The number of hydrogen-bond donors (Lipinski definition) is 4. The Kier molecular flexibility index (Phi) is 5.36. The van der Waals surface area contributed by atoms with Gasteiger partial charge in [-0.15, -0.1) is 0 Å². The smallest absolute Gasteiger partial charge is 0.269 e. The van der Waals surface area contributed by atoms with Crippen LogP contribution in [-0.2, 0) is 11.8 Å². The Balaban J connectivity index is 2.53. The van der Waals surface area contributed by atoms with Gasteiger partial charge in [0, 0.05) is 41.7 Å². The maximum atomic E-state index is 12.1. The van der Waals surface area contributed by atoms with Gasteiger partial charge in [-0.25, -0.2) is 0 Å². The molecule has 1 aromatic carbocycles. The summed E-state index contributed by atoms with van der Waals surface area (Å²) in [5.74, 6) is -0.391. The van der Waals surface area contributed by atoms with E-state index in [1.165, 1.54) is 0 Å². The van der Waals surface area contributed by atoms with E-state index in [1.807, 2.05) is 44.6 Å². The predicted molar refractivity (Wildman–Crippen MR) is 101 cm³/mol. The van der Waals surface area contributed by atoms with Crippen LogP contribution in [-0.4, -0.2) is 22.2 Å². The van der Waals surface area contributed by atoms with Crippen LogP contribution in [0, 0.1) is 13.8 Å². The van der Waals surface area contributed by atoms with Crippen LogP contribution in [0.4, 0.5) is 5.69 Å². The highest BCUT2D eigenvalue weighted by molar-refractivity contribution is 6.01. The maximum absolute atomic E-state index is 12.1. The van der Waals surface area contributed by atoms with Gasteiger partial charge in [0.2, 0.25) is 0 Å². The van der Waals surface area contributed by atoms with Crippen LogP contribution in [0.5, 0.6) is 0 Å². The normalized spacial score (nSPS) is 12.0. The second-order valence-electron chi connectivity index (χ2n) is 6.02. The lowest BCUT2D eigenvalue weighted by Crippen LogP contribution is -2.31. The number of nitrogens with one attached hydrogen (secondary N) is 1. The molecule has 0 saturated heterocycles. The number of amides is 1. The number of nitrogens with two attached hydrogens (primary N) is 3. The summed E-state index contributed by atoms with van der Waals surface area (Å²) in [6.07, 6.45) is 0.816. The van der Waals surface area contributed by atoms with Crippen molar-refractivity contribution >= 4 is 17.3 Å². The molecule has 7 heteroatoms. The molecule has 0 bridgehead atoms. The first-order valence-corrected chi connectivity index (χ1v) is 8.22. The van der Waals surface area contributed by atoms with Crippen molar-refractivity contribution in [3.63, 3.8) is 0 Å². The van der Waals surface area contributed by atoms with Crippen molar-refractivity contribution in [1.29, 1.82) is 0 Å². The Morgan fingerprint density at radius 1 is 1.28 bits per heavy atom. The van der Waals surface area contributed by atoms with E-state index in [2.05, 4.69) is 10.4 Å². The van der Waals surface area contributed by atoms with Crippen molar-refractivity contribution < 1.29 is 4.79 Å². The monoisotopic (exact) mass is 342 g/mol. The number of benzene rings is 1. The van der Waals surface area contributed by atoms with Gasteiger partial charge in [-0.2, -0.15) is 5.10 Å². The summed E-state index contributed by atoms with van der Waals surface area (Å²) < 4.78 is 1.81. The molecule has 25 heavy (non-hydrogen) atoms. The summed E-state index contributed by atoms with van der Waals surface area (Å²) in [4.78, 5) is 12.1. The molecule has 0 atom stereocenters. The molecule has 0 fully saturated rings. The molecule has 134 valence electrons. The summed E-state index contributed by atoms with van der Waals surface area (Å²) in [5, 5.41) is 7.14. The summed E-state index contributed by atoms with van der Waals surface area (Å²) in [5.41, 5.74) is 23.2. The van der Waals surface area contributed by atoms with E-state index in [4.69, 9.17) is 17.2 Å². The lowest BCUT2D eigenvalue weighted by Gasteiger charge is -2.14. The Morgan fingerprint density at radius 2 is 1.96 bits per heavy atom. The number of rotatable bonds is 5. The average molecular weight is 342 g/mol. The first kappa shape index (κ1) is 18.4. The zero-order chi connectivity index (χ0) is 18.7. The number of aryl methyl sites for hydroxylation is 2. The summed E-state index contributed by atoms with van der Waals surface area (Å²) >= 11 is 0. The minimum atomic E-state index is -0.391. The zero-order valence-electron chi connectivity index (χ0n) is 15.2. The predicted octanol–water partition coefficient (Wildman–Crippen LogP) is 1.40. The lowest BCUT2D eigenvalue weighted by molar-refractivity contribution is -0.117. The first-order chi connectivity index (χ1) is 11.8. The highest BCUT2D eigenvalue weighted by atomic mass is 16.2. The molecule has 7 N–H and O–H groups in total. The molecule has 0 unspecified atom stereocenters. The first-order valence-electron chi connectivity index (χ1n) is 8.22. The molecule has 0 aliphatic carbocycles. The Labute approximate surface area is 147 Å². The molecule has 0 radical (unpaired) electrons. The fourth-order valence-electron chi connectivity index (χ4n) is 2.78. The highest BCUT2D eigenvalue weighted by Crippen LogP contribution is 2.34. The van der Waals surface area contributed by atoms with E-state index >= 15 is 0 Å². The van der Waals surface area contributed by atoms with Gasteiger partial charge in [0.05, 0.1) is 11.4 Å². The van der Waals surface area contributed by atoms with Gasteiger partial charge in [0.1, 0.15) is 5.70 Å². The fourth-order valence-corrected chi connectivity index (χ4v) is 2.78. The number of carbonyl (C=O) groups is 1. The van der Waals surface area contributed by atoms with Crippen LogP contribution >= 0.6 is 0 Å². The van der Waals surface area contributed by atoms with Gasteiger partial charge >= 0.3 is 0 Å². The van der Waals surface area contributed by atoms with Crippen molar-refractivity contribution in [2.75, 3.05) is 12.3 Å². The Morgan fingerprint density at radius 3 is 2.52 bits per heavy atom. The second kappa shape index (κ2) is 7.29. The molecule has 0 saturated carbocycles. The van der Waals surface area contributed by atoms with Crippen molar-refractivity contribution in [2.24, 2.45) is 18.5 Å². The highest BCUT2D eigenvalue weighted by Gasteiger charge is 2.18. The van der Waals surface area contributed by atoms with E-state index in [1.54, 1.807) is 6.07 Å². The third-order valence-electron chi connectivity index (χ3n) is 4.25. The van der Waals surface area contributed by atoms with Gasteiger partial charge in [-0.3, -0.25) is 9.48 Å². The average Bonchev–Trinajstić information content (AvgIpc) is 2.84. The van der Waals surface area contributed by atoms with Gasteiger partial charge < -0.3 is 22.5 Å². The van der Waals surface area contributed by atoms with Crippen molar-refractivity contribution in [1.82, 2.24) is 15.1 Å². The molecule has 7 nitrogen and oxygen atoms in total. The summed E-state index contributed by atoms with van der Waals surface area (Å²) in [7, 11) is 1.89. The number of anilines is 1. The van der Waals surface area contributed by atoms with E-state index in [-0.39, 0.29) is 11.4 Å². The zero-order valence-corrected chi connectivity index (χ0v) is 15.2. The minimum absolute atomic E-state index is 0.0306. The standard InChI is InChI=1S/C18H26N6O/c1-5-9-22-18(25)17(21)16(20)13-8-6-7-12(15(13)19)14-10(2)23-24(4)11(14)3/h6-8H,5,9,19-21H2,1-4H3,(H,22,25)/b17-16+. The fraction of sp³-hybridized carbons (Fsp3) is 0.333. The molecule has 1 aromatic heterocycles. The van der Waals surface area contributed by atoms with Crippen molar-refractivity contribution in [3.8, 4) is 11.1 Å². The molecule has 0 aliphatic rings. The van der Waals surface area contributed by atoms with Crippen LogP contribution < -0.4 is 22.5 Å². The number of aromatic nitrogens is 2. The summed E-state index contributed by atoms with van der Waals surface area (Å²) in [6.45, 7) is 6.41. The Hall–Kier alpha value is -2.96. The largest absolute Gasteiger partial charge is 0.398 e. The van der Waals surface area contributed by atoms with Crippen LogP contribution in [0.25, 0.3) is 16.8 Å². The molecule has 1 heterocycles. The second-order valence-corrected chi connectivity index (χ2v) is 6.02. The third-order valence-corrected chi connectivity index (χ3v) is 4.25. The Bertz CT molecular complexity index is 834. The lowest BCUT2D eigenvalue weighted by atomic mass is 9.97. The van der Waals surface area contributed by atoms with E-state index < -0.39 is 5.91 Å². The van der Waals surface area contributed by atoms with Crippen molar-refractivity contribution in [2.45, 2.75) is 27.2 Å². The van der Waals surface area contributed by atoms with E-state index in [0.29, 0.717) is 17.8 Å². The quantitative estimate of drug-likeness (QED) is 0.483. The number of nitrogens with zero attached hydrogens (tertiary/aromatic N) is 2. The molecular weight excluding hydrogens is 316 g/mol. The van der Waals surface area contributed by atoms with Crippen LogP contribution in [0.1, 0.15) is 30.3 Å². The molecular formula is C18H26N6O.